The number of rotatable bonds is 9. The third-order valence-corrected chi connectivity index (χ3v) is 7.13. The van der Waals surface area contributed by atoms with Gasteiger partial charge in [-0.05, 0) is 73.2 Å². The fourth-order valence-electron chi connectivity index (χ4n) is 5.06. The molecule has 39 heavy (non-hydrogen) atoms. The van der Waals surface area contributed by atoms with Crippen LogP contribution in [0.4, 0.5) is 11.4 Å². The zero-order chi connectivity index (χ0) is 27.4. The van der Waals surface area contributed by atoms with Gasteiger partial charge in [-0.3, -0.25) is 9.48 Å². The number of hydrogen-bond donors (Lipinski definition) is 2. The normalized spacial score (nSPS) is 12.7. The molecule has 0 unspecified atom stereocenters. The van der Waals surface area contributed by atoms with Gasteiger partial charge < -0.3 is 20.5 Å². The summed E-state index contributed by atoms with van der Waals surface area (Å²) >= 11 is 0. The summed E-state index contributed by atoms with van der Waals surface area (Å²) in [6.45, 7) is 3.55. The minimum atomic E-state index is -0.947. The van der Waals surface area contributed by atoms with Gasteiger partial charge in [0.1, 0.15) is 5.75 Å². The van der Waals surface area contributed by atoms with Crippen LogP contribution in [0.3, 0.4) is 0 Å². The van der Waals surface area contributed by atoms with Crippen molar-refractivity contribution in [3.8, 4) is 16.9 Å². The van der Waals surface area contributed by atoms with Crippen LogP contribution < -0.4 is 15.4 Å². The average Bonchev–Trinajstić information content (AvgIpc) is 3.40. The summed E-state index contributed by atoms with van der Waals surface area (Å²) in [5, 5.41) is 13.8. The average molecular weight is 525 g/mol. The number of amides is 1. The van der Waals surface area contributed by atoms with Gasteiger partial charge in [0.2, 0.25) is 5.91 Å². The zero-order valence-corrected chi connectivity index (χ0v) is 22.0. The Hall–Kier alpha value is -4.59. The summed E-state index contributed by atoms with van der Waals surface area (Å²) in [5.74, 6) is -0.0995. The second-order valence-corrected chi connectivity index (χ2v) is 9.81. The van der Waals surface area contributed by atoms with Gasteiger partial charge in [-0.15, -0.1) is 0 Å². The lowest BCUT2D eigenvalue weighted by Crippen LogP contribution is -2.35. The van der Waals surface area contributed by atoms with Gasteiger partial charge in [-0.1, -0.05) is 30.3 Å². The zero-order valence-electron chi connectivity index (χ0n) is 22.0. The molecule has 2 heterocycles. The second kappa shape index (κ2) is 11.4. The van der Waals surface area contributed by atoms with E-state index in [9.17, 15) is 14.7 Å². The molecule has 0 saturated heterocycles. The number of ether oxygens (including phenoxy) is 1. The van der Waals surface area contributed by atoms with E-state index >= 15 is 0 Å². The Labute approximate surface area is 227 Å². The SMILES string of the molecule is Cc1c(N)cccc1OCCCC(=O)N1CCCc2c(-c3cnn(Cc4cccc(C(=O)O)c4)c3)cccc21. The van der Waals surface area contributed by atoms with Crippen molar-refractivity contribution in [3.05, 3.63) is 95.3 Å². The second-order valence-electron chi connectivity index (χ2n) is 9.81. The monoisotopic (exact) mass is 524 g/mol. The van der Waals surface area contributed by atoms with Crippen LogP contribution in [0.1, 0.15) is 46.3 Å². The highest BCUT2D eigenvalue weighted by atomic mass is 16.5. The van der Waals surface area contributed by atoms with E-state index in [2.05, 4.69) is 11.2 Å². The Bertz CT molecular complexity index is 1510. The molecule has 1 amide bonds. The maximum absolute atomic E-state index is 13.2. The van der Waals surface area contributed by atoms with E-state index in [4.69, 9.17) is 10.5 Å². The molecule has 8 nitrogen and oxygen atoms in total. The van der Waals surface area contributed by atoms with E-state index in [1.165, 1.54) is 0 Å². The third kappa shape index (κ3) is 5.80. The molecule has 0 bridgehead atoms. The number of aromatic nitrogens is 2. The van der Waals surface area contributed by atoms with Gasteiger partial charge >= 0.3 is 5.97 Å². The Morgan fingerprint density at radius 3 is 2.77 bits per heavy atom. The van der Waals surface area contributed by atoms with Crippen LogP contribution in [0.25, 0.3) is 11.1 Å². The lowest BCUT2D eigenvalue weighted by molar-refractivity contribution is -0.118. The summed E-state index contributed by atoms with van der Waals surface area (Å²) in [6, 6.07) is 18.6. The Balaban J connectivity index is 1.26. The first-order valence-electron chi connectivity index (χ1n) is 13.2. The highest BCUT2D eigenvalue weighted by molar-refractivity contribution is 5.96. The molecular formula is C31H32N4O4. The molecule has 200 valence electrons. The molecule has 8 heteroatoms. The number of hydrogen-bond acceptors (Lipinski definition) is 5. The molecular weight excluding hydrogens is 492 g/mol. The van der Waals surface area contributed by atoms with E-state index < -0.39 is 5.97 Å². The lowest BCUT2D eigenvalue weighted by atomic mass is 9.93. The molecule has 0 saturated carbocycles. The molecule has 1 aromatic heterocycles. The maximum Gasteiger partial charge on any atom is 0.335 e. The van der Waals surface area contributed by atoms with Crippen LogP contribution in [0.15, 0.2) is 73.1 Å². The van der Waals surface area contributed by atoms with Gasteiger partial charge in [0.05, 0.1) is 24.9 Å². The molecule has 1 aliphatic rings. The fraction of sp³-hybridized carbons (Fsp3) is 0.258. The van der Waals surface area contributed by atoms with Crippen LogP contribution >= 0.6 is 0 Å². The quantitative estimate of drug-likeness (QED) is 0.226. The van der Waals surface area contributed by atoms with E-state index in [1.807, 2.05) is 65.3 Å². The highest BCUT2D eigenvalue weighted by Crippen LogP contribution is 2.36. The summed E-state index contributed by atoms with van der Waals surface area (Å²) < 4.78 is 7.68. The number of aromatic carboxylic acids is 1. The molecule has 3 aromatic carbocycles. The molecule has 4 aromatic rings. The molecule has 3 N–H and O–H groups in total. The first kappa shape index (κ1) is 26.0. The van der Waals surface area contributed by atoms with Crippen LogP contribution in [-0.4, -0.2) is 39.9 Å². The summed E-state index contributed by atoms with van der Waals surface area (Å²) in [5.41, 5.74) is 12.8. The van der Waals surface area contributed by atoms with E-state index in [-0.39, 0.29) is 11.5 Å². The van der Waals surface area contributed by atoms with Crippen molar-refractivity contribution < 1.29 is 19.4 Å². The molecule has 0 fully saturated rings. The largest absolute Gasteiger partial charge is 0.493 e. The van der Waals surface area contributed by atoms with Gasteiger partial charge in [0.15, 0.2) is 0 Å². The standard InChI is InChI=1S/C31H32N4O4/c1-21-27(32)11-4-13-29(21)39-16-6-14-30(36)35-15-5-10-26-25(9-3-12-28(26)35)24-18-33-34(20-24)19-22-7-2-8-23(17-22)31(37)38/h2-4,7-9,11-13,17-18,20H,5-6,10,14-16,19,32H2,1H3,(H,37,38). The van der Waals surface area contributed by atoms with Gasteiger partial charge in [-0.25, -0.2) is 4.79 Å². The first-order chi connectivity index (χ1) is 18.9. The highest BCUT2D eigenvalue weighted by Gasteiger charge is 2.24. The van der Waals surface area contributed by atoms with Crippen molar-refractivity contribution in [3.63, 3.8) is 0 Å². The summed E-state index contributed by atoms with van der Waals surface area (Å²) in [7, 11) is 0. The van der Waals surface area contributed by atoms with Crippen LogP contribution in [-0.2, 0) is 17.8 Å². The van der Waals surface area contributed by atoms with Gasteiger partial charge in [0.25, 0.3) is 0 Å². The number of carbonyl (C=O) groups is 2. The van der Waals surface area contributed by atoms with Crippen molar-refractivity contribution in [2.24, 2.45) is 0 Å². The number of nitrogens with zero attached hydrogens (tertiary/aromatic N) is 3. The van der Waals surface area contributed by atoms with Gasteiger partial charge in [0, 0.05) is 41.7 Å². The smallest absolute Gasteiger partial charge is 0.335 e. The predicted molar refractivity (Wildman–Crippen MR) is 151 cm³/mol. The lowest BCUT2D eigenvalue weighted by Gasteiger charge is -2.31. The summed E-state index contributed by atoms with van der Waals surface area (Å²) in [4.78, 5) is 26.4. The maximum atomic E-state index is 13.2. The van der Waals surface area contributed by atoms with Crippen LogP contribution in [0, 0.1) is 6.92 Å². The number of benzene rings is 3. The number of nitrogens with two attached hydrogens (primary N) is 1. The van der Waals surface area contributed by atoms with E-state index in [0.717, 1.165) is 52.1 Å². The summed E-state index contributed by atoms with van der Waals surface area (Å²) in [6.07, 6.45) is 6.60. The first-order valence-corrected chi connectivity index (χ1v) is 13.2. The number of carboxylic acid groups (broad SMARTS) is 1. The van der Waals surface area contributed by atoms with Crippen molar-refractivity contribution in [1.82, 2.24) is 9.78 Å². The van der Waals surface area contributed by atoms with Crippen molar-refractivity contribution >= 4 is 23.3 Å². The van der Waals surface area contributed by atoms with Crippen molar-refractivity contribution in [2.45, 2.75) is 39.2 Å². The van der Waals surface area contributed by atoms with E-state index in [1.54, 1.807) is 18.2 Å². The number of fused-ring (bicyclic) bond motifs is 1. The van der Waals surface area contributed by atoms with Crippen LogP contribution in [0.2, 0.25) is 0 Å². The number of anilines is 2. The Morgan fingerprint density at radius 1 is 1.10 bits per heavy atom. The van der Waals surface area contributed by atoms with Crippen LogP contribution in [0.5, 0.6) is 5.75 Å². The molecule has 0 radical (unpaired) electrons. The molecule has 0 spiro atoms. The number of nitrogen functional groups attached to an aromatic ring is 1. The molecule has 1 aliphatic heterocycles. The Morgan fingerprint density at radius 2 is 1.92 bits per heavy atom. The van der Waals surface area contributed by atoms with Crippen molar-refractivity contribution in [2.75, 3.05) is 23.8 Å². The van der Waals surface area contributed by atoms with E-state index in [0.29, 0.717) is 38.2 Å². The molecule has 0 atom stereocenters. The van der Waals surface area contributed by atoms with Gasteiger partial charge in [-0.2, -0.15) is 5.10 Å². The minimum Gasteiger partial charge on any atom is -0.493 e. The minimum absolute atomic E-state index is 0.0926. The topological polar surface area (TPSA) is 111 Å². The third-order valence-electron chi connectivity index (χ3n) is 7.13. The number of carboxylic acids is 1. The number of carbonyl (C=O) groups excluding carboxylic acids is 1. The fourth-order valence-corrected chi connectivity index (χ4v) is 5.06. The predicted octanol–water partition coefficient (Wildman–Crippen LogP) is 5.33. The molecule has 5 rings (SSSR count). The molecule has 0 aliphatic carbocycles. The Kier molecular flexibility index (Phi) is 7.63. The van der Waals surface area contributed by atoms with Crippen molar-refractivity contribution in [1.29, 1.82) is 0 Å².